The lowest BCUT2D eigenvalue weighted by molar-refractivity contribution is -0.103. The maximum Gasteiger partial charge on any atom is 0.0624 e. The molecule has 3 fully saturated rings. The normalized spacial score (nSPS) is 42.9. The fourth-order valence-corrected chi connectivity index (χ4v) is 3.32. The lowest BCUT2D eigenvalue weighted by Gasteiger charge is -2.60. The summed E-state index contributed by atoms with van der Waals surface area (Å²) in [6.07, 6.45) is 4.88. The van der Waals surface area contributed by atoms with Crippen LogP contribution in [0, 0.1) is 34.5 Å². The number of fused-ring (bicyclic) bond motifs is 2. The highest BCUT2D eigenvalue weighted by Gasteiger charge is 2.53. The summed E-state index contributed by atoms with van der Waals surface area (Å²) < 4.78 is 0. The van der Waals surface area contributed by atoms with Gasteiger partial charge in [-0.05, 0) is 42.4 Å². The molecule has 0 aliphatic heterocycles. The third-order valence-corrected chi connectivity index (χ3v) is 4.35. The second-order valence-electron chi connectivity index (χ2n) is 5.06. The van der Waals surface area contributed by atoms with E-state index in [4.69, 9.17) is 5.26 Å². The zero-order valence-electron chi connectivity index (χ0n) is 8.01. The highest BCUT2D eigenvalue weighted by molar-refractivity contribution is 5.04. The van der Waals surface area contributed by atoms with Crippen LogP contribution in [0.15, 0.2) is 0 Å². The van der Waals surface area contributed by atoms with Crippen molar-refractivity contribution < 1.29 is 0 Å². The Labute approximate surface area is 74.8 Å². The van der Waals surface area contributed by atoms with Gasteiger partial charge in [0.15, 0.2) is 0 Å². The number of nitrogens with zero attached hydrogens (tertiary/aromatic N) is 1. The van der Waals surface area contributed by atoms with E-state index in [1.54, 1.807) is 0 Å². The van der Waals surface area contributed by atoms with Crippen molar-refractivity contribution in [3.05, 3.63) is 0 Å². The first-order valence-electron chi connectivity index (χ1n) is 5.03. The van der Waals surface area contributed by atoms with Gasteiger partial charge in [-0.15, -0.1) is 0 Å². The van der Waals surface area contributed by atoms with Crippen LogP contribution in [0.1, 0.15) is 39.5 Å². The Bertz CT molecular complexity index is 222. The van der Waals surface area contributed by atoms with Crippen LogP contribution in [0.2, 0.25) is 0 Å². The number of hydrogen-bond donors (Lipinski definition) is 0. The third-order valence-electron chi connectivity index (χ3n) is 4.35. The Morgan fingerprint density at radius 2 is 2.17 bits per heavy atom. The summed E-state index contributed by atoms with van der Waals surface area (Å²) in [5.74, 6) is 2.54. The second-order valence-corrected chi connectivity index (χ2v) is 5.06. The Kier molecular flexibility index (Phi) is 1.68. The van der Waals surface area contributed by atoms with Gasteiger partial charge in [-0.1, -0.05) is 13.8 Å². The summed E-state index contributed by atoms with van der Waals surface area (Å²) in [5, 5.41) is 8.67. The van der Waals surface area contributed by atoms with Gasteiger partial charge in [0.25, 0.3) is 0 Å². The summed E-state index contributed by atoms with van der Waals surface area (Å²) >= 11 is 0. The molecule has 1 nitrogen and oxygen atoms in total. The van der Waals surface area contributed by atoms with Crippen molar-refractivity contribution in [3.63, 3.8) is 0 Å². The van der Waals surface area contributed by atoms with E-state index in [9.17, 15) is 0 Å². The van der Waals surface area contributed by atoms with Gasteiger partial charge >= 0.3 is 0 Å². The highest BCUT2D eigenvalue weighted by Crippen LogP contribution is 2.61. The minimum atomic E-state index is 0.555. The van der Waals surface area contributed by atoms with E-state index in [0.29, 0.717) is 5.41 Å². The first kappa shape index (κ1) is 8.10. The summed E-state index contributed by atoms with van der Waals surface area (Å²) in [5.41, 5.74) is 0.555. The molecule has 0 saturated heterocycles. The molecule has 0 spiro atoms. The molecule has 2 unspecified atom stereocenters. The zero-order valence-corrected chi connectivity index (χ0v) is 8.01. The number of hydrogen-bond acceptors (Lipinski definition) is 1. The third kappa shape index (κ3) is 0.905. The molecular weight excluding hydrogens is 146 g/mol. The van der Waals surface area contributed by atoms with Crippen molar-refractivity contribution in [2.75, 3.05) is 0 Å². The predicted molar refractivity (Wildman–Crippen MR) is 48.3 cm³/mol. The SMILES string of the molecule is CC1(C)C2C[C@H]1CCC2CC#N. The molecular formula is C11H17N. The van der Waals surface area contributed by atoms with E-state index in [0.717, 1.165) is 24.2 Å². The van der Waals surface area contributed by atoms with Gasteiger partial charge in [0, 0.05) is 6.42 Å². The van der Waals surface area contributed by atoms with Gasteiger partial charge in [-0.2, -0.15) is 5.26 Å². The van der Waals surface area contributed by atoms with Crippen LogP contribution in [-0.4, -0.2) is 0 Å². The average Bonchev–Trinajstić information content (AvgIpc) is 2.05. The van der Waals surface area contributed by atoms with Crippen LogP contribution in [-0.2, 0) is 0 Å². The molecule has 0 radical (unpaired) electrons. The quantitative estimate of drug-likeness (QED) is 0.583. The minimum absolute atomic E-state index is 0.555. The van der Waals surface area contributed by atoms with Gasteiger partial charge in [0.05, 0.1) is 6.07 Å². The molecule has 3 rings (SSSR count). The Morgan fingerprint density at radius 3 is 2.67 bits per heavy atom. The molecule has 2 bridgehead atoms. The zero-order chi connectivity index (χ0) is 8.77. The minimum Gasteiger partial charge on any atom is -0.198 e. The van der Waals surface area contributed by atoms with Crippen LogP contribution in [0.25, 0.3) is 0 Å². The Morgan fingerprint density at radius 1 is 1.42 bits per heavy atom. The summed E-state index contributed by atoms with van der Waals surface area (Å²) in [6, 6.07) is 2.33. The van der Waals surface area contributed by atoms with Gasteiger partial charge in [-0.3, -0.25) is 0 Å². The fourth-order valence-electron chi connectivity index (χ4n) is 3.32. The van der Waals surface area contributed by atoms with Crippen LogP contribution in [0.4, 0.5) is 0 Å². The molecule has 12 heavy (non-hydrogen) atoms. The average molecular weight is 163 g/mol. The van der Waals surface area contributed by atoms with Crippen molar-refractivity contribution in [3.8, 4) is 6.07 Å². The van der Waals surface area contributed by atoms with Crippen molar-refractivity contribution >= 4 is 0 Å². The van der Waals surface area contributed by atoms with Gasteiger partial charge in [0.1, 0.15) is 0 Å². The first-order chi connectivity index (χ1) is 5.66. The van der Waals surface area contributed by atoms with E-state index in [-0.39, 0.29) is 0 Å². The van der Waals surface area contributed by atoms with Crippen molar-refractivity contribution in [2.45, 2.75) is 39.5 Å². The molecule has 1 heteroatoms. The summed E-state index contributed by atoms with van der Waals surface area (Å²) in [7, 11) is 0. The van der Waals surface area contributed by atoms with Crippen LogP contribution < -0.4 is 0 Å². The largest absolute Gasteiger partial charge is 0.198 e. The topological polar surface area (TPSA) is 23.8 Å². The molecule has 0 N–H and O–H groups in total. The van der Waals surface area contributed by atoms with Crippen LogP contribution >= 0.6 is 0 Å². The molecule has 3 atom stereocenters. The van der Waals surface area contributed by atoms with Gasteiger partial charge in [-0.25, -0.2) is 0 Å². The smallest absolute Gasteiger partial charge is 0.0624 e. The number of rotatable bonds is 1. The van der Waals surface area contributed by atoms with Gasteiger partial charge < -0.3 is 0 Å². The summed E-state index contributed by atoms with van der Waals surface area (Å²) in [4.78, 5) is 0. The molecule has 3 saturated carbocycles. The van der Waals surface area contributed by atoms with Crippen LogP contribution in [0.5, 0.6) is 0 Å². The van der Waals surface area contributed by atoms with Crippen LogP contribution in [0.3, 0.4) is 0 Å². The van der Waals surface area contributed by atoms with E-state index in [1.807, 2.05) is 0 Å². The van der Waals surface area contributed by atoms with Crippen molar-refractivity contribution in [2.24, 2.45) is 23.2 Å². The molecule has 0 amide bonds. The standard InChI is InChI=1S/C11H17N/c1-11(2)9-4-3-8(5-6-12)10(11)7-9/h8-10H,3-5,7H2,1-2H3/t8?,9-,10?/m1/s1. The molecule has 66 valence electrons. The van der Waals surface area contributed by atoms with E-state index < -0.39 is 0 Å². The lowest BCUT2D eigenvalue weighted by atomic mass is 9.45. The highest BCUT2D eigenvalue weighted by atomic mass is 14.6. The summed E-state index contributed by atoms with van der Waals surface area (Å²) in [6.45, 7) is 4.77. The van der Waals surface area contributed by atoms with Crippen molar-refractivity contribution in [1.29, 1.82) is 5.26 Å². The number of nitriles is 1. The van der Waals surface area contributed by atoms with E-state index in [1.165, 1.54) is 19.3 Å². The maximum absolute atomic E-state index is 8.67. The van der Waals surface area contributed by atoms with E-state index >= 15 is 0 Å². The lowest BCUT2D eigenvalue weighted by Crippen LogP contribution is -2.52. The monoisotopic (exact) mass is 163 g/mol. The molecule has 0 aromatic rings. The second kappa shape index (κ2) is 2.49. The molecule has 0 aromatic heterocycles. The van der Waals surface area contributed by atoms with Crippen molar-refractivity contribution in [1.82, 2.24) is 0 Å². The fraction of sp³-hybridized carbons (Fsp3) is 0.909. The van der Waals surface area contributed by atoms with E-state index in [2.05, 4.69) is 19.9 Å². The maximum atomic E-state index is 8.67. The molecule has 3 aliphatic carbocycles. The molecule has 0 aromatic carbocycles. The first-order valence-corrected chi connectivity index (χ1v) is 5.03. The Balaban J connectivity index is 2.07. The Hall–Kier alpha value is -0.510. The molecule has 0 heterocycles. The molecule has 3 aliphatic rings. The predicted octanol–water partition coefficient (Wildman–Crippen LogP) is 2.97. The van der Waals surface area contributed by atoms with Gasteiger partial charge in [0.2, 0.25) is 0 Å².